The molecule has 0 aliphatic carbocycles. The standard InChI is InChI=1S/C23H20O3/c24-23(25)15-14-18-10-12-19(13-11-18)16-21-8-4-5-9-22(21)26-17-20-6-2-1-3-7-20/h1-15H,16-17H2,(H,24,25). The zero-order valence-electron chi connectivity index (χ0n) is 14.3. The molecular weight excluding hydrogens is 324 g/mol. The molecule has 0 aliphatic rings. The van der Waals surface area contributed by atoms with Gasteiger partial charge >= 0.3 is 5.97 Å². The van der Waals surface area contributed by atoms with E-state index in [2.05, 4.69) is 6.07 Å². The minimum Gasteiger partial charge on any atom is -0.489 e. The van der Waals surface area contributed by atoms with Crippen molar-refractivity contribution in [3.63, 3.8) is 0 Å². The van der Waals surface area contributed by atoms with E-state index in [9.17, 15) is 4.79 Å². The molecule has 0 spiro atoms. The van der Waals surface area contributed by atoms with Gasteiger partial charge in [-0.05, 0) is 34.4 Å². The van der Waals surface area contributed by atoms with Gasteiger partial charge in [0.15, 0.2) is 0 Å². The van der Waals surface area contributed by atoms with E-state index in [0.29, 0.717) is 6.61 Å². The summed E-state index contributed by atoms with van der Waals surface area (Å²) in [5.74, 6) is -0.0650. The molecule has 1 N–H and O–H groups in total. The maximum Gasteiger partial charge on any atom is 0.328 e. The van der Waals surface area contributed by atoms with Crippen molar-refractivity contribution >= 4 is 12.0 Å². The first-order valence-corrected chi connectivity index (χ1v) is 8.45. The van der Waals surface area contributed by atoms with Gasteiger partial charge in [0, 0.05) is 12.5 Å². The molecule has 0 radical (unpaired) electrons. The van der Waals surface area contributed by atoms with Crippen LogP contribution in [-0.2, 0) is 17.8 Å². The summed E-state index contributed by atoms with van der Waals surface area (Å²) in [7, 11) is 0. The number of hydrogen-bond donors (Lipinski definition) is 1. The van der Waals surface area contributed by atoms with Crippen molar-refractivity contribution < 1.29 is 14.6 Å². The van der Waals surface area contributed by atoms with Crippen molar-refractivity contribution in [3.05, 3.63) is 107 Å². The van der Waals surface area contributed by atoms with E-state index in [1.165, 1.54) is 0 Å². The van der Waals surface area contributed by atoms with Crippen LogP contribution >= 0.6 is 0 Å². The summed E-state index contributed by atoms with van der Waals surface area (Å²) < 4.78 is 6.01. The topological polar surface area (TPSA) is 46.5 Å². The van der Waals surface area contributed by atoms with Gasteiger partial charge < -0.3 is 9.84 Å². The Morgan fingerprint density at radius 1 is 0.846 bits per heavy atom. The normalized spacial score (nSPS) is 10.8. The zero-order valence-corrected chi connectivity index (χ0v) is 14.3. The fourth-order valence-electron chi connectivity index (χ4n) is 2.66. The van der Waals surface area contributed by atoms with Crippen LogP contribution in [0.1, 0.15) is 22.3 Å². The second kappa shape index (κ2) is 8.67. The van der Waals surface area contributed by atoms with Crippen LogP contribution in [0.25, 0.3) is 6.08 Å². The molecule has 3 nitrogen and oxygen atoms in total. The number of carbonyl (C=O) groups is 1. The number of benzene rings is 3. The van der Waals surface area contributed by atoms with Gasteiger partial charge in [-0.25, -0.2) is 4.79 Å². The Morgan fingerprint density at radius 3 is 2.27 bits per heavy atom. The lowest BCUT2D eigenvalue weighted by atomic mass is 10.0. The monoisotopic (exact) mass is 344 g/mol. The lowest BCUT2D eigenvalue weighted by Crippen LogP contribution is -1.99. The molecule has 0 bridgehead atoms. The smallest absolute Gasteiger partial charge is 0.328 e. The first kappa shape index (κ1) is 17.5. The number of aliphatic carboxylic acids is 1. The molecule has 3 rings (SSSR count). The number of carboxylic acids is 1. The fourth-order valence-corrected chi connectivity index (χ4v) is 2.66. The largest absolute Gasteiger partial charge is 0.489 e. The van der Waals surface area contributed by atoms with Crippen LogP contribution in [-0.4, -0.2) is 11.1 Å². The molecule has 3 heteroatoms. The lowest BCUT2D eigenvalue weighted by Gasteiger charge is -2.12. The highest BCUT2D eigenvalue weighted by atomic mass is 16.5. The van der Waals surface area contributed by atoms with Gasteiger partial charge in [-0.15, -0.1) is 0 Å². The van der Waals surface area contributed by atoms with Crippen molar-refractivity contribution in [3.8, 4) is 5.75 Å². The average molecular weight is 344 g/mol. The van der Waals surface area contributed by atoms with Crippen LogP contribution in [0.3, 0.4) is 0 Å². The van der Waals surface area contributed by atoms with Crippen molar-refractivity contribution in [1.82, 2.24) is 0 Å². The van der Waals surface area contributed by atoms with Crippen LogP contribution in [0.2, 0.25) is 0 Å². The van der Waals surface area contributed by atoms with E-state index >= 15 is 0 Å². The van der Waals surface area contributed by atoms with Crippen molar-refractivity contribution in [2.45, 2.75) is 13.0 Å². The fraction of sp³-hybridized carbons (Fsp3) is 0.0870. The summed E-state index contributed by atoms with van der Waals surface area (Å²) in [5, 5.41) is 8.69. The maximum atomic E-state index is 10.6. The molecule has 0 saturated carbocycles. The molecule has 0 fully saturated rings. The first-order valence-electron chi connectivity index (χ1n) is 8.45. The van der Waals surface area contributed by atoms with E-state index in [1.54, 1.807) is 6.08 Å². The summed E-state index contributed by atoms with van der Waals surface area (Å²) in [6, 6.07) is 26.0. The Morgan fingerprint density at radius 2 is 1.54 bits per heavy atom. The molecule has 0 aliphatic heterocycles. The predicted molar refractivity (Wildman–Crippen MR) is 103 cm³/mol. The Labute approximate surface area is 153 Å². The third-order valence-corrected chi connectivity index (χ3v) is 4.00. The average Bonchev–Trinajstić information content (AvgIpc) is 2.67. The third kappa shape index (κ3) is 5.08. The highest BCUT2D eigenvalue weighted by Gasteiger charge is 2.05. The molecule has 0 unspecified atom stereocenters. The molecule has 3 aromatic rings. The van der Waals surface area contributed by atoms with Crippen molar-refractivity contribution in [2.75, 3.05) is 0 Å². The molecule has 26 heavy (non-hydrogen) atoms. The van der Waals surface area contributed by atoms with Gasteiger partial charge in [-0.2, -0.15) is 0 Å². The Kier molecular flexibility index (Phi) is 5.84. The molecule has 0 heterocycles. The van der Waals surface area contributed by atoms with Crippen LogP contribution in [0.15, 0.2) is 84.9 Å². The van der Waals surface area contributed by atoms with Gasteiger partial charge in [-0.1, -0.05) is 72.8 Å². The minimum absolute atomic E-state index is 0.538. The highest BCUT2D eigenvalue weighted by molar-refractivity contribution is 5.85. The number of ether oxygens (including phenoxy) is 1. The molecule has 130 valence electrons. The molecular formula is C23H20O3. The second-order valence-corrected chi connectivity index (χ2v) is 5.97. The molecule has 0 aromatic heterocycles. The summed E-state index contributed by atoms with van der Waals surface area (Å²) in [6.45, 7) is 0.538. The number of hydrogen-bond acceptors (Lipinski definition) is 2. The van der Waals surface area contributed by atoms with Gasteiger partial charge in [-0.3, -0.25) is 0 Å². The van der Waals surface area contributed by atoms with Gasteiger partial charge in [0.1, 0.15) is 12.4 Å². The molecule has 0 amide bonds. The minimum atomic E-state index is -0.946. The van der Waals surface area contributed by atoms with Gasteiger partial charge in [0.05, 0.1) is 0 Å². The van der Waals surface area contributed by atoms with Crippen LogP contribution in [0, 0.1) is 0 Å². The molecule has 3 aromatic carbocycles. The number of rotatable bonds is 7. The predicted octanol–water partition coefficient (Wildman–Crippen LogP) is 4.95. The first-order chi connectivity index (χ1) is 12.7. The SMILES string of the molecule is O=C(O)C=Cc1ccc(Cc2ccccc2OCc2ccccc2)cc1. The number of carboxylic acid groups (broad SMARTS) is 1. The molecule has 0 saturated heterocycles. The van der Waals surface area contributed by atoms with Gasteiger partial charge in [0.25, 0.3) is 0 Å². The maximum absolute atomic E-state index is 10.6. The van der Waals surface area contributed by atoms with Crippen LogP contribution in [0.5, 0.6) is 5.75 Å². The van der Waals surface area contributed by atoms with E-state index < -0.39 is 5.97 Å². The van der Waals surface area contributed by atoms with Crippen LogP contribution < -0.4 is 4.74 Å². The van der Waals surface area contributed by atoms with E-state index in [4.69, 9.17) is 9.84 Å². The van der Waals surface area contributed by atoms with E-state index in [0.717, 1.165) is 40.5 Å². The summed E-state index contributed by atoms with van der Waals surface area (Å²) in [4.78, 5) is 10.6. The summed E-state index contributed by atoms with van der Waals surface area (Å²) >= 11 is 0. The Balaban J connectivity index is 1.69. The quantitative estimate of drug-likeness (QED) is 0.617. The summed E-state index contributed by atoms with van der Waals surface area (Å²) in [5.41, 5.74) is 4.27. The van der Waals surface area contributed by atoms with Gasteiger partial charge in [0.2, 0.25) is 0 Å². The Bertz CT molecular complexity index is 881. The molecule has 0 atom stereocenters. The lowest BCUT2D eigenvalue weighted by molar-refractivity contribution is -0.131. The van der Waals surface area contributed by atoms with Crippen molar-refractivity contribution in [1.29, 1.82) is 0 Å². The zero-order chi connectivity index (χ0) is 18.2. The van der Waals surface area contributed by atoms with Crippen LogP contribution in [0.4, 0.5) is 0 Å². The second-order valence-electron chi connectivity index (χ2n) is 5.97. The third-order valence-electron chi connectivity index (χ3n) is 4.00. The van der Waals surface area contributed by atoms with E-state index in [1.807, 2.05) is 72.8 Å². The van der Waals surface area contributed by atoms with Crippen molar-refractivity contribution in [2.24, 2.45) is 0 Å². The Hall–Kier alpha value is -3.33. The highest BCUT2D eigenvalue weighted by Crippen LogP contribution is 2.23. The summed E-state index contributed by atoms with van der Waals surface area (Å²) in [6.07, 6.45) is 3.48. The number of para-hydroxylation sites is 1. The van der Waals surface area contributed by atoms with E-state index in [-0.39, 0.29) is 0 Å².